The summed E-state index contributed by atoms with van der Waals surface area (Å²) in [7, 11) is 0. The fraction of sp³-hybridized carbons (Fsp3) is 0.152. The van der Waals surface area contributed by atoms with E-state index in [1.54, 1.807) is 6.07 Å². The van der Waals surface area contributed by atoms with Crippen LogP contribution < -0.4 is 0 Å². The minimum absolute atomic E-state index is 0.258. The van der Waals surface area contributed by atoms with E-state index in [0.717, 1.165) is 47.8 Å². The van der Waals surface area contributed by atoms with Gasteiger partial charge in [0.1, 0.15) is 5.82 Å². The third-order valence-electron chi connectivity index (χ3n) is 5.73. The Balaban J connectivity index is 1.47. The van der Waals surface area contributed by atoms with Crippen LogP contribution in [0.25, 0.3) is 10.8 Å². The molecule has 166 valence electrons. The maximum atomic E-state index is 15.0. The number of rotatable bonds is 5. The molecule has 4 rings (SSSR count). The number of hydrogen-bond donors (Lipinski definition) is 0. The summed E-state index contributed by atoms with van der Waals surface area (Å²) in [5.41, 5.74) is 5.67. The molecule has 0 unspecified atom stereocenters. The van der Waals surface area contributed by atoms with Crippen molar-refractivity contribution in [3.05, 3.63) is 131 Å². The Morgan fingerprint density at radius 1 is 0.706 bits per heavy atom. The van der Waals surface area contributed by atoms with Crippen molar-refractivity contribution in [2.75, 3.05) is 0 Å². The van der Waals surface area contributed by atoms with Gasteiger partial charge in [0, 0.05) is 22.1 Å². The van der Waals surface area contributed by atoms with Crippen LogP contribution in [0.4, 0.5) is 4.39 Å². The normalized spacial score (nSPS) is 10.2. The van der Waals surface area contributed by atoms with Crippen LogP contribution in [-0.4, -0.2) is 0 Å². The van der Waals surface area contributed by atoms with Gasteiger partial charge >= 0.3 is 0 Å². The van der Waals surface area contributed by atoms with Crippen molar-refractivity contribution in [1.82, 2.24) is 0 Å². The molecule has 0 aliphatic rings. The van der Waals surface area contributed by atoms with Crippen LogP contribution >= 0.6 is 0 Å². The van der Waals surface area contributed by atoms with Crippen LogP contribution in [0.15, 0.2) is 91.5 Å². The van der Waals surface area contributed by atoms with Gasteiger partial charge in [0.05, 0.1) is 5.56 Å². The molecule has 0 bridgehead atoms. The molecule has 0 aliphatic carbocycles. The van der Waals surface area contributed by atoms with Crippen LogP contribution in [0.2, 0.25) is 0 Å². The second-order valence-corrected chi connectivity index (χ2v) is 8.33. The molecule has 0 nitrogen and oxygen atoms in total. The molecule has 0 amide bonds. The molecular weight excluding hydrogens is 415 g/mol. The van der Waals surface area contributed by atoms with E-state index in [1.807, 2.05) is 60.7 Å². The smallest absolute Gasteiger partial charge is 0.146 e. The molecule has 0 saturated carbocycles. The van der Waals surface area contributed by atoms with Gasteiger partial charge in [-0.15, -0.1) is 6.58 Å². The molecular formula is C33H27F. The van der Waals surface area contributed by atoms with Gasteiger partial charge < -0.3 is 0 Å². The summed E-state index contributed by atoms with van der Waals surface area (Å²) in [6.07, 6.45) is 5.99. The predicted molar refractivity (Wildman–Crippen MR) is 141 cm³/mol. The maximum Gasteiger partial charge on any atom is 0.146 e. The molecule has 0 radical (unpaired) electrons. The number of benzene rings is 4. The fourth-order valence-corrected chi connectivity index (χ4v) is 3.83. The monoisotopic (exact) mass is 442 g/mol. The van der Waals surface area contributed by atoms with Gasteiger partial charge in [0.2, 0.25) is 0 Å². The number of hydrogen-bond acceptors (Lipinski definition) is 0. The fourth-order valence-electron chi connectivity index (χ4n) is 3.83. The molecule has 0 spiro atoms. The van der Waals surface area contributed by atoms with Crippen molar-refractivity contribution >= 4 is 10.8 Å². The van der Waals surface area contributed by atoms with Crippen LogP contribution in [0, 0.1) is 29.5 Å². The van der Waals surface area contributed by atoms with Crippen molar-refractivity contribution in [1.29, 1.82) is 0 Å². The highest BCUT2D eigenvalue weighted by Gasteiger charge is 2.06. The zero-order valence-corrected chi connectivity index (χ0v) is 19.5. The van der Waals surface area contributed by atoms with Gasteiger partial charge in [-0.1, -0.05) is 79.5 Å². The first-order valence-electron chi connectivity index (χ1n) is 11.7. The predicted octanol–water partition coefficient (Wildman–Crippen LogP) is 7.85. The lowest BCUT2D eigenvalue weighted by atomic mass is 10.0. The first-order chi connectivity index (χ1) is 16.7. The molecule has 0 saturated heterocycles. The second kappa shape index (κ2) is 11.2. The van der Waals surface area contributed by atoms with Crippen molar-refractivity contribution in [2.24, 2.45) is 0 Å². The Morgan fingerprint density at radius 3 is 1.91 bits per heavy atom. The molecule has 0 aromatic heterocycles. The summed E-state index contributed by atoms with van der Waals surface area (Å²) < 4.78 is 15.0. The van der Waals surface area contributed by atoms with Crippen molar-refractivity contribution in [3.63, 3.8) is 0 Å². The zero-order chi connectivity index (χ0) is 23.8. The second-order valence-electron chi connectivity index (χ2n) is 8.33. The maximum absolute atomic E-state index is 15.0. The first kappa shape index (κ1) is 23.1. The van der Waals surface area contributed by atoms with Crippen LogP contribution in [0.3, 0.4) is 0 Å². The standard InChI is InChI=1S/C33H27F/c1-3-5-7-25-8-10-26(11-9-25)12-13-27-14-16-28(17-15-27)18-20-30-21-22-31-24-29(6-4-2)19-23-32(31)33(30)34/h3,8-11,14-17,19,21-24H,1,4-7H2,2H3. The molecule has 4 aromatic carbocycles. The summed E-state index contributed by atoms with van der Waals surface area (Å²) in [5.74, 6) is 12.2. The van der Waals surface area contributed by atoms with Crippen molar-refractivity contribution in [3.8, 4) is 23.7 Å². The third-order valence-corrected chi connectivity index (χ3v) is 5.73. The van der Waals surface area contributed by atoms with E-state index in [4.69, 9.17) is 0 Å². The summed E-state index contributed by atoms with van der Waals surface area (Å²) in [5, 5.41) is 1.54. The van der Waals surface area contributed by atoms with Crippen molar-refractivity contribution < 1.29 is 4.39 Å². The van der Waals surface area contributed by atoms with E-state index in [1.165, 1.54) is 11.1 Å². The van der Waals surface area contributed by atoms with E-state index in [-0.39, 0.29) is 5.82 Å². The summed E-state index contributed by atoms with van der Waals surface area (Å²) >= 11 is 0. The zero-order valence-electron chi connectivity index (χ0n) is 19.5. The van der Waals surface area contributed by atoms with Gasteiger partial charge in [-0.2, -0.15) is 0 Å². The van der Waals surface area contributed by atoms with Gasteiger partial charge in [-0.25, -0.2) is 4.39 Å². The van der Waals surface area contributed by atoms with Gasteiger partial charge in [-0.3, -0.25) is 0 Å². The Hall–Kier alpha value is -4.07. The number of aryl methyl sites for hydroxylation is 2. The van der Waals surface area contributed by atoms with Crippen LogP contribution in [0.5, 0.6) is 0 Å². The van der Waals surface area contributed by atoms with E-state index in [0.29, 0.717) is 10.9 Å². The van der Waals surface area contributed by atoms with E-state index < -0.39 is 0 Å². The van der Waals surface area contributed by atoms with Crippen LogP contribution in [-0.2, 0) is 12.8 Å². The number of fused-ring (bicyclic) bond motifs is 1. The first-order valence-corrected chi connectivity index (χ1v) is 11.7. The van der Waals surface area contributed by atoms with Gasteiger partial charge in [0.15, 0.2) is 0 Å². The third kappa shape index (κ3) is 5.83. The highest BCUT2D eigenvalue weighted by molar-refractivity contribution is 5.85. The van der Waals surface area contributed by atoms with E-state index >= 15 is 0 Å². The largest absolute Gasteiger partial charge is 0.205 e. The van der Waals surface area contributed by atoms with Crippen molar-refractivity contribution in [2.45, 2.75) is 32.6 Å². The molecule has 0 heterocycles. The lowest BCUT2D eigenvalue weighted by Gasteiger charge is -2.05. The average molecular weight is 443 g/mol. The lowest BCUT2D eigenvalue weighted by molar-refractivity contribution is 0.636. The minimum Gasteiger partial charge on any atom is -0.205 e. The quantitative estimate of drug-likeness (QED) is 0.218. The Kier molecular flexibility index (Phi) is 7.60. The van der Waals surface area contributed by atoms with E-state index in [2.05, 4.69) is 55.4 Å². The van der Waals surface area contributed by atoms with Gasteiger partial charge in [0.25, 0.3) is 0 Å². The van der Waals surface area contributed by atoms with Gasteiger partial charge in [-0.05, 0) is 78.2 Å². The number of halogens is 1. The Labute approximate surface area is 202 Å². The summed E-state index contributed by atoms with van der Waals surface area (Å²) in [6.45, 7) is 5.91. The molecule has 0 atom stereocenters. The highest BCUT2D eigenvalue weighted by Crippen LogP contribution is 2.23. The highest BCUT2D eigenvalue weighted by atomic mass is 19.1. The Bertz CT molecular complexity index is 1420. The van der Waals surface area contributed by atoms with E-state index in [9.17, 15) is 4.39 Å². The SMILES string of the molecule is C=CCCc1ccc(C#Cc2ccc(C#Cc3ccc4cc(CCC)ccc4c3F)cc2)cc1. The molecule has 1 heteroatoms. The molecule has 0 fully saturated rings. The molecule has 4 aromatic rings. The molecule has 34 heavy (non-hydrogen) atoms. The summed E-state index contributed by atoms with van der Waals surface area (Å²) in [4.78, 5) is 0. The minimum atomic E-state index is -0.258. The molecule has 0 N–H and O–H groups in total. The number of allylic oxidation sites excluding steroid dienone is 1. The van der Waals surface area contributed by atoms with Crippen LogP contribution in [0.1, 0.15) is 53.1 Å². The molecule has 0 aliphatic heterocycles. The topological polar surface area (TPSA) is 0 Å². The average Bonchev–Trinajstić information content (AvgIpc) is 2.87. The Morgan fingerprint density at radius 2 is 1.29 bits per heavy atom. The summed E-state index contributed by atoms with van der Waals surface area (Å²) in [6, 6.07) is 25.7. The lowest BCUT2D eigenvalue weighted by Crippen LogP contribution is -1.89.